The van der Waals surface area contributed by atoms with Crippen LogP contribution in [0.4, 0.5) is 0 Å². The number of hydrogen-bond acceptors (Lipinski definition) is 2. The number of aryl methyl sites for hydroxylation is 1. The first-order valence-electron chi connectivity index (χ1n) is 4.33. The molecular weight excluding hydrogens is 152 g/mol. The summed E-state index contributed by atoms with van der Waals surface area (Å²) >= 11 is 0. The van der Waals surface area contributed by atoms with E-state index in [-0.39, 0.29) is 0 Å². The molecule has 12 heavy (non-hydrogen) atoms. The summed E-state index contributed by atoms with van der Waals surface area (Å²) in [4.78, 5) is 0. The highest BCUT2D eigenvalue weighted by Gasteiger charge is 1.95. The van der Waals surface area contributed by atoms with E-state index in [0.29, 0.717) is 0 Å². The van der Waals surface area contributed by atoms with Crippen LogP contribution in [0.25, 0.3) is 0 Å². The van der Waals surface area contributed by atoms with Gasteiger partial charge in [-0.1, -0.05) is 13.8 Å². The van der Waals surface area contributed by atoms with Gasteiger partial charge >= 0.3 is 0 Å². The molecule has 0 spiro atoms. The SMILES string of the molecule is CC.COCCc1cc(C)[nH]n1. The fourth-order valence-corrected chi connectivity index (χ4v) is 0.809. The van der Waals surface area contributed by atoms with Crippen LogP contribution in [-0.2, 0) is 11.2 Å². The Balaban J connectivity index is 0.000000561. The highest BCUT2D eigenvalue weighted by atomic mass is 16.5. The maximum Gasteiger partial charge on any atom is 0.0647 e. The summed E-state index contributed by atoms with van der Waals surface area (Å²) in [6.45, 7) is 6.73. The zero-order valence-electron chi connectivity index (χ0n) is 8.35. The number of aromatic amines is 1. The number of methoxy groups -OCH3 is 1. The molecule has 0 radical (unpaired) electrons. The van der Waals surface area contributed by atoms with Crippen molar-refractivity contribution < 1.29 is 4.74 Å². The third kappa shape index (κ3) is 4.13. The number of nitrogens with one attached hydrogen (secondary N) is 1. The standard InChI is InChI=1S/C7H12N2O.C2H6/c1-6-5-7(9-8-6)3-4-10-2;1-2/h5H,3-4H2,1-2H3,(H,8,9);1-2H3. The van der Waals surface area contributed by atoms with Gasteiger partial charge in [0, 0.05) is 19.2 Å². The van der Waals surface area contributed by atoms with Crippen molar-refractivity contribution >= 4 is 0 Å². The lowest BCUT2D eigenvalue weighted by Crippen LogP contribution is -1.93. The van der Waals surface area contributed by atoms with Gasteiger partial charge in [-0.15, -0.1) is 0 Å². The van der Waals surface area contributed by atoms with Crippen molar-refractivity contribution in [3.05, 3.63) is 17.5 Å². The van der Waals surface area contributed by atoms with Gasteiger partial charge in [0.25, 0.3) is 0 Å². The molecule has 1 rings (SSSR count). The summed E-state index contributed by atoms with van der Waals surface area (Å²) in [5.41, 5.74) is 2.17. The van der Waals surface area contributed by atoms with E-state index < -0.39 is 0 Å². The molecule has 70 valence electrons. The first-order valence-corrected chi connectivity index (χ1v) is 4.33. The Labute approximate surface area is 74.1 Å². The van der Waals surface area contributed by atoms with Crippen LogP contribution < -0.4 is 0 Å². The van der Waals surface area contributed by atoms with Crippen molar-refractivity contribution in [2.75, 3.05) is 13.7 Å². The Morgan fingerprint density at radius 2 is 2.17 bits per heavy atom. The van der Waals surface area contributed by atoms with E-state index in [9.17, 15) is 0 Å². The molecule has 0 amide bonds. The van der Waals surface area contributed by atoms with Gasteiger partial charge in [0.1, 0.15) is 0 Å². The van der Waals surface area contributed by atoms with Crippen molar-refractivity contribution in [1.29, 1.82) is 0 Å². The average molecular weight is 170 g/mol. The minimum absolute atomic E-state index is 0.740. The lowest BCUT2D eigenvalue weighted by atomic mass is 10.3. The number of aromatic nitrogens is 2. The molecule has 0 bridgehead atoms. The van der Waals surface area contributed by atoms with E-state index >= 15 is 0 Å². The lowest BCUT2D eigenvalue weighted by Gasteiger charge is -1.91. The molecule has 0 saturated carbocycles. The third-order valence-electron chi connectivity index (χ3n) is 1.32. The topological polar surface area (TPSA) is 37.9 Å². The second kappa shape index (κ2) is 6.85. The van der Waals surface area contributed by atoms with Gasteiger partial charge in [-0.3, -0.25) is 5.10 Å². The van der Waals surface area contributed by atoms with Gasteiger partial charge in [0.2, 0.25) is 0 Å². The van der Waals surface area contributed by atoms with Crippen LogP contribution in [0.3, 0.4) is 0 Å². The van der Waals surface area contributed by atoms with Crippen LogP contribution >= 0.6 is 0 Å². The summed E-state index contributed by atoms with van der Waals surface area (Å²) in [6, 6.07) is 2.03. The largest absolute Gasteiger partial charge is 0.384 e. The Hall–Kier alpha value is -0.830. The molecule has 1 N–H and O–H groups in total. The Bertz CT molecular complexity index is 196. The molecule has 0 fully saturated rings. The van der Waals surface area contributed by atoms with Gasteiger partial charge in [0.05, 0.1) is 12.3 Å². The highest BCUT2D eigenvalue weighted by molar-refractivity contribution is 5.06. The highest BCUT2D eigenvalue weighted by Crippen LogP contribution is 1.97. The van der Waals surface area contributed by atoms with E-state index in [1.165, 1.54) is 0 Å². The fraction of sp³-hybridized carbons (Fsp3) is 0.667. The van der Waals surface area contributed by atoms with Crippen LogP contribution in [0.1, 0.15) is 25.2 Å². The predicted molar refractivity (Wildman–Crippen MR) is 50.3 cm³/mol. The molecule has 1 aromatic rings. The molecule has 1 aromatic heterocycles. The predicted octanol–water partition coefficient (Wildman–Crippen LogP) is 1.93. The molecule has 0 aliphatic carbocycles. The molecule has 3 heteroatoms. The third-order valence-corrected chi connectivity index (χ3v) is 1.32. The Kier molecular flexibility index (Phi) is 6.38. The van der Waals surface area contributed by atoms with Crippen LogP contribution in [0.2, 0.25) is 0 Å². The first kappa shape index (κ1) is 11.2. The number of nitrogens with zero attached hydrogens (tertiary/aromatic N) is 1. The van der Waals surface area contributed by atoms with E-state index in [2.05, 4.69) is 10.2 Å². The second-order valence-electron chi connectivity index (χ2n) is 2.29. The van der Waals surface area contributed by atoms with Crippen LogP contribution in [0, 0.1) is 6.92 Å². The number of H-pyrrole nitrogens is 1. The molecule has 0 saturated heterocycles. The summed E-state index contributed by atoms with van der Waals surface area (Å²) in [6.07, 6.45) is 0.890. The molecule has 1 heterocycles. The smallest absolute Gasteiger partial charge is 0.0647 e. The molecule has 3 nitrogen and oxygen atoms in total. The minimum Gasteiger partial charge on any atom is -0.384 e. The number of ether oxygens (including phenoxy) is 1. The first-order chi connectivity index (χ1) is 5.83. The minimum atomic E-state index is 0.740. The maximum absolute atomic E-state index is 4.90. The van der Waals surface area contributed by atoms with Gasteiger partial charge in [-0.05, 0) is 13.0 Å². The van der Waals surface area contributed by atoms with Crippen molar-refractivity contribution in [3.63, 3.8) is 0 Å². The quantitative estimate of drug-likeness (QED) is 0.752. The van der Waals surface area contributed by atoms with Crippen LogP contribution in [-0.4, -0.2) is 23.9 Å². The Morgan fingerprint density at radius 3 is 2.58 bits per heavy atom. The van der Waals surface area contributed by atoms with E-state index in [1.54, 1.807) is 7.11 Å². The van der Waals surface area contributed by atoms with Crippen molar-refractivity contribution in [2.45, 2.75) is 27.2 Å². The van der Waals surface area contributed by atoms with Gasteiger partial charge in [-0.25, -0.2) is 0 Å². The monoisotopic (exact) mass is 170 g/mol. The fourth-order valence-electron chi connectivity index (χ4n) is 0.809. The summed E-state index contributed by atoms with van der Waals surface area (Å²) in [7, 11) is 1.69. The lowest BCUT2D eigenvalue weighted by molar-refractivity contribution is 0.201. The maximum atomic E-state index is 4.90. The second-order valence-corrected chi connectivity index (χ2v) is 2.29. The van der Waals surface area contributed by atoms with E-state index in [1.807, 2.05) is 26.8 Å². The van der Waals surface area contributed by atoms with Gasteiger partial charge < -0.3 is 4.74 Å². The average Bonchev–Trinajstić information content (AvgIpc) is 2.51. The molecule has 0 unspecified atom stereocenters. The van der Waals surface area contributed by atoms with Crippen molar-refractivity contribution in [3.8, 4) is 0 Å². The summed E-state index contributed by atoms with van der Waals surface area (Å²) in [5.74, 6) is 0. The van der Waals surface area contributed by atoms with Gasteiger partial charge in [0.15, 0.2) is 0 Å². The Morgan fingerprint density at radius 1 is 1.50 bits per heavy atom. The molecular formula is C9H18N2O. The van der Waals surface area contributed by atoms with E-state index in [4.69, 9.17) is 4.74 Å². The number of rotatable bonds is 3. The zero-order valence-corrected chi connectivity index (χ0v) is 8.35. The van der Waals surface area contributed by atoms with Crippen LogP contribution in [0.5, 0.6) is 0 Å². The molecule has 0 aromatic carbocycles. The molecule has 0 aliphatic heterocycles. The zero-order chi connectivity index (χ0) is 9.40. The normalized spacial score (nSPS) is 9.00. The number of hydrogen-bond donors (Lipinski definition) is 1. The summed E-state index contributed by atoms with van der Waals surface area (Å²) < 4.78 is 4.90. The molecule has 0 atom stereocenters. The van der Waals surface area contributed by atoms with E-state index in [0.717, 1.165) is 24.4 Å². The van der Waals surface area contributed by atoms with Gasteiger partial charge in [-0.2, -0.15) is 5.10 Å². The summed E-state index contributed by atoms with van der Waals surface area (Å²) in [5, 5.41) is 6.92. The van der Waals surface area contributed by atoms with Crippen LogP contribution in [0.15, 0.2) is 6.07 Å². The van der Waals surface area contributed by atoms with Crippen molar-refractivity contribution in [1.82, 2.24) is 10.2 Å². The molecule has 0 aliphatic rings. The van der Waals surface area contributed by atoms with Crippen molar-refractivity contribution in [2.24, 2.45) is 0 Å².